The minimum absolute atomic E-state index is 0.0569. The quantitative estimate of drug-likeness (QED) is 0.553. The fourth-order valence-corrected chi connectivity index (χ4v) is 3.24. The standard InChI is InChI=1S/C23H21N3O/c1-16-10-12-24-22(14-16)17-6-8-18(9-7-17)23(27)25-13-11-19-15-26-21-5-3-2-4-20(19)21/h2-10,12,14-15,26H,11,13H2,1H3,(H,25,27). The highest BCUT2D eigenvalue weighted by Gasteiger charge is 2.08. The molecule has 0 unspecified atom stereocenters. The van der Waals surface area contributed by atoms with Crippen LogP contribution < -0.4 is 5.32 Å². The topological polar surface area (TPSA) is 57.8 Å². The third kappa shape index (κ3) is 3.75. The maximum absolute atomic E-state index is 12.4. The number of carbonyl (C=O) groups is 1. The van der Waals surface area contributed by atoms with E-state index in [-0.39, 0.29) is 5.91 Å². The lowest BCUT2D eigenvalue weighted by molar-refractivity contribution is 0.0954. The summed E-state index contributed by atoms with van der Waals surface area (Å²) in [5, 5.41) is 4.21. The van der Waals surface area contributed by atoms with E-state index in [2.05, 4.69) is 27.4 Å². The fourth-order valence-electron chi connectivity index (χ4n) is 3.24. The van der Waals surface area contributed by atoms with E-state index in [0.717, 1.165) is 23.2 Å². The average molecular weight is 355 g/mol. The van der Waals surface area contributed by atoms with E-state index in [4.69, 9.17) is 0 Å². The van der Waals surface area contributed by atoms with Gasteiger partial charge < -0.3 is 10.3 Å². The summed E-state index contributed by atoms with van der Waals surface area (Å²) in [4.78, 5) is 20.1. The second-order valence-electron chi connectivity index (χ2n) is 6.66. The first kappa shape index (κ1) is 17.0. The number of hydrogen-bond acceptors (Lipinski definition) is 2. The van der Waals surface area contributed by atoms with Crippen LogP contribution in [0.25, 0.3) is 22.2 Å². The molecule has 0 bridgehead atoms. The molecule has 27 heavy (non-hydrogen) atoms. The highest BCUT2D eigenvalue weighted by Crippen LogP contribution is 2.19. The van der Waals surface area contributed by atoms with E-state index in [1.54, 1.807) is 6.20 Å². The Kier molecular flexibility index (Phi) is 4.71. The molecular weight excluding hydrogens is 334 g/mol. The monoisotopic (exact) mass is 355 g/mol. The number of hydrogen-bond donors (Lipinski definition) is 2. The minimum Gasteiger partial charge on any atom is -0.361 e. The second-order valence-corrected chi connectivity index (χ2v) is 6.66. The molecule has 4 nitrogen and oxygen atoms in total. The fraction of sp³-hybridized carbons (Fsp3) is 0.130. The van der Waals surface area contributed by atoms with Crippen molar-refractivity contribution in [1.29, 1.82) is 0 Å². The third-order valence-corrected chi connectivity index (χ3v) is 4.71. The Hall–Kier alpha value is -3.40. The number of nitrogens with one attached hydrogen (secondary N) is 2. The Morgan fingerprint density at radius 2 is 1.89 bits per heavy atom. The van der Waals surface area contributed by atoms with Crippen molar-refractivity contribution in [2.75, 3.05) is 6.54 Å². The first-order valence-corrected chi connectivity index (χ1v) is 9.07. The number of aryl methyl sites for hydroxylation is 1. The Morgan fingerprint density at radius 1 is 1.07 bits per heavy atom. The lowest BCUT2D eigenvalue weighted by Gasteiger charge is -2.07. The van der Waals surface area contributed by atoms with Gasteiger partial charge in [0.2, 0.25) is 0 Å². The largest absolute Gasteiger partial charge is 0.361 e. The van der Waals surface area contributed by atoms with E-state index in [1.165, 1.54) is 16.5 Å². The van der Waals surface area contributed by atoms with Crippen molar-refractivity contribution < 1.29 is 4.79 Å². The van der Waals surface area contributed by atoms with E-state index < -0.39 is 0 Å². The molecule has 2 heterocycles. The zero-order valence-corrected chi connectivity index (χ0v) is 15.2. The molecule has 0 aliphatic rings. The number of nitrogens with zero attached hydrogens (tertiary/aromatic N) is 1. The molecule has 4 rings (SSSR count). The van der Waals surface area contributed by atoms with Gasteiger partial charge in [0.25, 0.3) is 5.91 Å². The summed E-state index contributed by atoms with van der Waals surface area (Å²) in [7, 11) is 0. The molecular formula is C23H21N3O. The van der Waals surface area contributed by atoms with Crippen LogP contribution in [-0.2, 0) is 6.42 Å². The summed E-state index contributed by atoms with van der Waals surface area (Å²) in [6.45, 7) is 2.64. The zero-order valence-electron chi connectivity index (χ0n) is 15.2. The molecule has 4 heteroatoms. The summed E-state index contributed by atoms with van der Waals surface area (Å²) in [5.41, 5.74) is 6.09. The number of H-pyrrole nitrogens is 1. The van der Waals surface area contributed by atoms with Crippen LogP contribution in [0.15, 0.2) is 73.1 Å². The van der Waals surface area contributed by atoms with Gasteiger partial charge in [0.1, 0.15) is 0 Å². The van der Waals surface area contributed by atoms with E-state index in [9.17, 15) is 4.79 Å². The average Bonchev–Trinajstić information content (AvgIpc) is 3.11. The second kappa shape index (κ2) is 7.46. The molecule has 134 valence electrons. The molecule has 0 fully saturated rings. The first-order chi connectivity index (χ1) is 13.2. The number of aromatic nitrogens is 2. The first-order valence-electron chi connectivity index (χ1n) is 9.07. The Labute approximate surface area is 158 Å². The van der Waals surface area contributed by atoms with Crippen molar-refractivity contribution in [3.05, 3.63) is 89.7 Å². The number of pyridine rings is 1. The van der Waals surface area contributed by atoms with Gasteiger partial charge in [-0.1, -0.05) is 30.3 Å². The Bertz CT molecular complexity index is 1080. The molecule has 1 amide bonds. The van der Waals surface area contributed by atoms with E-state index in [0.29, 0.717) is 12.1 Å². The number of para-hydroxylation sites is 1. The number of rotatable bonds is 5. The number of benzene rings is 2. The van der Waals surface area contributed by atoms with E-state index in [1.807, 2.05) is 61.7 Å². The molecule has 0 saturated heterocycles. The normalized spacial score (nSPS) is 10.9. The number of amides is 1. The molecule has 0 aliphatic carbocycles. The number of carbonyl (C=O) groups excluding carboxylic acids is 1. The zero-order chi connectivity index (χ0) is 18.6. The number of aromatic amines is 1. The van der Waals surface area contributed by atoms with Crippen LogP contribution >= 0.6 is 0 Å². The van der Waals surface area contributed by atoms with Gasteiger partial charge in [-0.2, -0.15) is 0 Å². The lowest BCUT2D eigenvalue weighted by Crippen LogP contribution is -2.25. The molecule has 0 aliphatic heterocycles. The Morgan fingerprint density at radius 3 is 2.70 bits per heavy atom. The molecule has 2 N–H and O–H groups in total. The third-order valence-electron chi connectivity index (χ3n) is 4.71. The van der Waals surface area contributed by atoms with Gasteiger partial charge in [0, 0.05) is 41.0 Å². The highest BCUT2D eigenvalue weighted by molar-refractivity contribution is 5.94. The van der Waals surface area contributed by atoms with Crippen LogP contribution in [0.2, 0.25) is 0 Å². The molecule has 0 atom stereocenters. The van der Waals surface area contributed by atoms with Gasteiger partial charge in [-0.15, -0.1) is 0 Å². The summed E-state index contributed by atoms with van der Waals surface area (Å²) < 4.78 is 0. The maximum atomic E-state index is 12.4. The van der Waals surface area contributed by atoms with Crippen molar-refractivity contribution in [3.8, 4) is 11.3 Å². The van der Waals surface area contributed by atoms with E-state index >= 15 is 0 Å². The van der Waals surface area contributed by atoms with Gasteiger partial charge in [-0.25, -0.2) is 0 Å². The van der Waals surface area contributed by atoms with Gasteiger partial charge in [0.15, 0.2) is 0 Å². The van der Waals surface area contributed by atoms with Crippen LogP contribution in [-0.4, -0.2) is 22.4 Å². The Balaban J connectivity index is 1.38. The molecule has 0 saturated carbocycles. The minimum atomic E-state index is -0.0569. The van der Waals surface area contributed by atoms with Crippen LogP contribution in [0.5, 0.6) is 0 Å². The van der Waals surface area contributed by atoms with Crippen LogP contribution in [0.4, 0.5) is 0 Å². The predicted molar refractivity (Wildman–Crippen MR) is 109 cm³/mol. The summed E-state index contributed by atoms with van der Waals surface area (Å²) in [6, 6.07) is 19.8. The van der Waals surface area contributed by atoms with Gasteiger partial charge in [-0.3, -0.25) is 9.78 Å². The molecule has 0 radical (unpaired) electrons. The smallest absolute Gasteiger partial charge is 0.251 e. The van der Waals surface area contributed by atoms with Crippen LogP contribution in [0.3, 0.4) is 0 Å². The van der Waals surface area contributed by atoms with Crippen molar-refractivity contribution >= 4 is 16.8 Å². The molecule has 2 aromatic carbocycles. The highest BCUT2D eigenvalue weighted by atomic mass is 16.1. The summed E-state index contributed by atoms with van der Waals surface area (Å²) in [6.07, 6.45) is 4.61. The van der Waals surface area contributed by atoms with Crippen LogP contribution in [0, 0.1) is 6.92 Å². The van der Waals surface area contributed by atoms with Crippen molar-refractivity contribution in [2.45, 2.75) is 13.3 Å². The van der Waals surface area contributed by atoms with Crippen molar-refractivity contribution in [3.63, 3.8) is 0 Å². The maximum Gasteiger partial charge on any atom is 0.251 e. The van der Waals surface area contributed by atoms with Crippen molar-refractivity contribution in [2.24, 2.45) is 0 Å². The van der Waals surface area contributed by atoms with Crippen molar-refractivity contribution in [1.82, 2.24) is 15.3 Å². The van der Waals surface area contributed by atoms with Crippen LogP contribution in [0.1, 0.15) is 21.5 Å². The van der Waals surface area contributed by atoms with Gasteiger partial charge in [-0.05, 0) is 54.8 Å². The van der Waals surface area contributed by atoms with Gasteiger partial charge in [0.05, 0.1) is 5.69 Å². The molecule has 2 aromatic heterocycles. The molecule has 0 spiro atoms. The predicted octanol–water partition coefficient (Wildman–Crippen LogP) is 4.51. The number of fused-ring (bicyclic) bond motifs is 1. The summed E-state index contributed by atoms with van der Waals surface area (Å²) in [5.74, 6) is -0.0569. The van der Waals surface area contributed by atoms with Gasteiger partial charge >= 0.3 is 0 Å². The lowest BCUT2D eigenvalue weighted by atomic mass is 10.1. The SMILES string of the molecule is Cc1ccnc(-c2ccc(C(=O)NCCc3c[nH]c4ccccc34)cc2)c1. The summed E-state index contributed by atoms with van der Waals surface area (Å²) >= 11 is 0. The molecule has 4 aromatic rings.